The highest BCUT2D eigenvalue weighted by Crippen LogP contribution is 2.19. The maximum absolute atomic E-state index is 11.6. The Morgan fingerprint density at radius 3 is 2.76 bits per heavy atom. The summed E-state index contributed by atoms with van der Waals surface area (Å²) in [6, 6.07) is 3.10. The molecule has 0 fully saturated rings. The third-order valence-electron chi connectivity index (χ3n) is 3.40. The van der Waals surface area contributed by atoms with Gasteiger partial charge in [-0.2, -0.15) is 0 Å². The van der Waals surface area contributed by atoms with Crippen LogP contribution in [0.5, 0.6) is 0 Å². The van der Waals surface area contributed by atoms with Gasteiger partial charge in [0.05, 0.1) is 5.56 Å². The molecular formula is C16H20N2O3. The van der Waals surface area contributed by atoms with Gasteiger partial charge in [-0.25, -0.2) is 4.79 Å². The molecule has 0 aromatic carbocycles. The van der Waals surface area contributed by atoms with E-state index in [9.17, 15) is 9.59 Å². The molecule has 0 unspecified atom stereocenters. The summed E-state index contributed by atoms with van der Waals surface area (Å²) in [6.07, 6.45) is 10.9. The van der Waals surface area contributed by atoms with Gasteiger partial charge < -0.3 is 10.1 Å². The molecule has 1 aromatic rings. The zero-order valence-electron chi connectivity index (χ0n) is 12.0. The van der Waals surface area contributed by atoms with Crippen LogP contribution in [-0.2, 0) is 9.53 Å². The lowest BCUT2D eigenvalue weighted by molar-refractivity contribution is -0.124. The first kappa shape index (κ1) is 15.2. The van der Waals surface area contributed by atoms with Crippen molar-refractivity contribution in [2.24, 2.45) is 0 Å². The van der Waals surface area contributed by atoms with Gasteiger partial charge in [-0.15, -0.1) is 0 Å². The fourth-order valence-corrected chi connectivity index (χ4v) is 2.25. The Morgan fingerprint density at radius 1 is 1.24 bits per heavy atom. The van der Waals surface area contributed by atoms with E-state index in [-0.39, 0.29) is 12.5 Å². The Kier molecular flexibility index (Phi) is 5.94. The van der Waals surface area contributed by atoms with Crippen LogP contribution in [0.4, 0.5) is 0 Å². The van der Waals surface area contributed by atoms with Crippen molar-refractivity contribution in [3.63, 3.8) is 0 Å². The Bertz CT molecular complexity index is 512. The topological polar surface area (TPSA) is 68.3 Å². The number of hydrogen-bond donors (Lipinski definition) is 1. The summed E-state index contributed by atoms with van der Waals surface area (Å²) in [5, 5.41) is 2.77. The molecule has 0 saturated heterocycles. The molecule has 0 aliphatic heterocycles. The maximum atomic E-state index is 11.6. The third-order valence-corrected chi connectivity index (χ3v) is 3.40. The van der Waals surface area contributed by atoms with Crippen molar-refractivity contribution >= 4 is 11.9 Å². The minimum Gasteiger partial charge on any atom is -0.452 e. The first-order valence-electron chi connectivity index (χ1n) is 7.27. The minimum absolute atomic E-state index is 0.250. The van der Waals surface area contributed by atoms with E-state index in [0.717, 1.165) is 19.3 Å². The number of nitrogens with one attached hydrogen (secondary N) is 1. The molecule has 5 nitrogen and oxygen atoms in total. The molecule has 0 atom stereocenters. The van der Waals surface area contributed by atoms with Crippen LogP contribution in [0.3, 0.4) is 0 Å². The summed E-state index contributed by atoms with van der Waals surface area (Å²) in [5.74, 6) is -0.781. The Hall–Kier alpha value is -2.17. The molecule has 1 heterocycles. The second kappa shape index (κ2) is 8.19. The number of allylic oxidation sites excluding steroid dienone is 1. The van der Waals surface area contributed by atoms with Crippen molar-refractivity contribution in [1.29, 1.82) is 0 Å². The van der Waals surface area contributed by atoms with Crippen molar-refractivity contribution in [2.45, 2.75) is 32.1 Å². The van der Waals surface area contributed by atoms with Crippen LogP contribution >= 0.6 is 0 Å². The van der Waals surface area contributed by atoms with Gasteiger partial charge >= 0.3 is 5.97 Å². The number of amides is 1. The molecule has 112 valence electrons. The third kappa shape index (κ3) is 5.38. The van der Waals surface area contributed by atoms with E-state index >= 15 is 0 Å². The molecule has 1 aliphatic carbocycles. The van der Waals surface area contributed by atoms with E-state index in [1.165, 1.54) is 30.8 Å². The van der Waals surface area contributed by atoms with Gasteiger partial charge in [-0.05, 0) is 44.2 Å². The molecule has 0 saturated carbocycles. The predicted molar refractivity (Wildman–Crippen MR) is 78.7 cm³/mol. The smallest absolute Gasteiger partial charge is 0.338 e. The monoisotopic (exact) mass is 288 g/mol. The number of ether oxygens (including phenoxy) is 1. The van der Waals surface area contributed by atoms with Crippen LogP contribution in [0.15, 0.2) is 36.2 Å². The number of carbonyl (C=O) groups excluding carboxylic acids is 2. The van der Waals surface area contributed by atoms with Gasteiger partial charge in [0.25, 0.3) is 5.91 Å². The summed E-state index contributed by atoms with van der Waals surface area (Å²) in [7, 11) is 0. The summed E-state index contributed by atoms with van der Waals surface area (Å²) in [4.78, 5) is 27.0. The Balaban J connectivity index is 1.63. The number of hydrogen-bond acceptors (Lipinski definition) is 4. The van der Waals surface area contributed by atoms with Gasteiger partial charge in [0, 0.05) is 18.9 Å². The zero-order chi connectivity index (χ0) is 14.9. The quantitative estimate of drug-likeness (QED) is 0.644. The van der Waals surface area contributed by atoms with Gasteiger partial charge in [-0.1, -0.05) is 11.6 Å². The fraction of sp³-hybridized carbons (Fsp3) is 0.438. The predicted octanol–water partition coefficient (Wildman–Crippen LogP) is 2.25. The van der Waals surface area contributed by atoms with Crippen molar-refractivity contribution in [2.75, 3.05) is 13.2 Å². The summed E-state index contributed by atoms with van der Waals surface area (Å²) < 4.78 is 4.94. The van der Waals surface area contributed by atoms with Crippen molar-refractivity contribution < 1.29 is 14.3 Å². The molecule has 2 rings (SSSR count). The molecule has 5 heteroatoms. The minimum atomic E-state index is -0.512. The summed E-state index contributed by atoms with van der Waals surface area (Å²) >= 11 is 0. The molecule has 21 heavy (non-hydrogen) atoms. The number of esters is 1. The van der Waals surface area contributed by atoms with Gasteiger partial charge in [0.1, 0.15) is 0 Å². The van der Waals surface area contributed by atoms with Crippen molar-refractivity contribution in [3.8, 4) is 0 Å². The zero-order valence-corrected chi connectivity index (χ0v) is 12.0. The molecule has 0 spiro atoms. The van der Waals surface area contributed by atoms with Crippen LogP contribution in [-0.4, -0.2) is 30.0 Å². The average molecular weight is 288 g/mol. The van der Waals surface area contributed by atoms with Gasteiger partial charge in [0.15, 0.2) is 6.61 Å². The standard InChI is InChI=1S/C16H20N2O3/c19-15(18-11-6-13-4-2-1-3-5-13)12-21-16(20)14-7-9-17-10-8-14/h4,7-10H,1-3,5-6,11-12H2,(H,18,19). The molecule has 1 aromatic heterocycles. The molecule has 1 amide bonds. The number of carbonyl (C=O) groups is 2. The van der Waals surface area contributed by atoms with Crippen molar-refractivity contribution in [1.82, 2.24) is 10.3 Å². The lowest BCUT2D eigenvalue weighted by Gasteiger charge is -2.13. The highest BCUT2D eigenvalue weighted by molar-refractivity contribution is 5.91. The Labute approximate surface area is 124 Å². The average Bonchev–Trinajstić information content (AvgIpc) is 2.54. The fourth-order valence-electron chi connectivity index (χ4n) is 2.25. The lowest BCUT2D eigenvalue weighted by Crippen LogP contribution is -2.29. The molecule has 1 aliphatic rings. The van der Waals surface area contributed by atoms with Crippen LogP contribution in [0.2, 0.25) is 0 Å². The van der Waals surface area contributed by atoms with E-state index in [2.05, 4.69) is 16.4 Å². The van der Waals surface area contributed by atoms with E-state index in [0.29, 0.717) is 12.1 Å². The lowest BCUT2D eigenvalue weighted by atomic mass is 9.97. The van der Waals surface area contributed by atoms with Crippen LogP contribution < -0.4 is 5.32 Å². The van der Waals surface area contributed by atoms with E-state index in [4.69, 9.17) is 4.74 Å². The second-order valence-corrected chi connectivity index (χ2v) is 5.02. The van der Waals surface area contributed by atoms with Crippen LogP contribution in [0.25, 0.3) is 0 Å². The highest BCUT2D eigenvalue weighted by atomic mass is 16.5. The van der Waals surface area contributed by atoms with Crippen LogP contribution in [0.1, 0.15) is 42.5 Å². The number of pyridine rings is 1. The molecule has 1 N–H and O–H groups in total. The number of nitrogens with zero attached hydrogens (tertiary/aromatic N) is 1. The maximum Gasteiger partial charge on any atom is 0.338 e. The SMILES string of the molecule is O=C(COC(=O)c1ccncc1)NCCC1=CCCCC1. The molecular weight excluding hydrogens is 268 g/mol. The Morgan fingerprint density at radius 2 is 2.05 bits per heavy atom. The van der Waals surface area contributed by atoms with E-state index in [1.54, 1.807) is 12.1 Å². The molecule has 0 radical (unpaired) electrons. The molecule has 0 bridgehead atoms. The highest BCUT2D eigenvalue weighted by Gasteiger charge is 2.10. The first-order chi connectivity index (χ1) is 10.3. The van der Waals surface area contributed by atoms with E-state index < -0.39 is 5.97 Å². The summed E-state index contributed by atoms with van der Waals surface area (Å²) in [5.41, 5.74) is 1.81. The largest absolute Gasteiger partial charge is 0.452 e. The van der Waals surface area contributed by atoms with Crippen LogP contribution in [0, 0.1) is 0 Å². The van der Waals surface area contributed by atoms with Crippen molar-refractivity contribution in [3.05, 3.63) is 41.7 Å². The second-order valence-electron chi connectivity index (χ2n) is 5.02. The van der Waals surface area contributed by atoms with Gasteiger partial charge in [0.2, 0.25) is 0 Å². The number of rotatable bonds is 6. The normalized spacial score (nSPS) is 14.2. The first-order valence-corrected chi connectivity index (χ1v) is 7.27. The van der Waals surface area contributed by atoms with E-state index in [1.807, 2.05) is 0 Å². The van der Waals surface area contributed by atoms with Gasteiger partial charge in [-0.3, -0.25) is 9.78 Å². The summed E-state index contributed by atoms with van der Waals surface area (Å²) in [6.45, 7) is 0.345. The number of aromatic nitrogens is 1.